The molecule has 0 bridgehead atoms. The van der Waals surface area contributed by atoms with Gasteiger partial charge in [0.2, 0.25) is 11.8 Å². The SMILES string of the molecule is CCNC(C)CCCN1C(=O)C2CC2C1=O. The molecule has 0 radical (unpaired) electrons. The summed E-state index contributed by atoms with van der Waals surface area (Å²) in [4.78, 5) is 24.8. The predicted octanol–water partition coefficient (Wildman–Crippen LogP) is 0.769. The van der Waals surface area contributed by atoms with E-state index in [4.69, 9.17) is 0 Å². The molecular formula is C12H20N2O2. The normalized spacial score (nSPS) is 29.5. The fraction of sp³-hybridized carbons (Fsp3) is 0.833. The van der Waals surface area contributed by atoms with Crippen LogP contribution in [-0.2, 0) is 9.59 Å². The minimum absolute atomic E-state index is 0.0543. The lowest BCUT2D eigenvalue weighted by Gasteiger charge is -2.18. The van der Waals surface area contributed by atoms with Crippen LogP contribution >= 0.6 is 0 Å². The summed E-state index contributed by atoms with van der Waals surface area (Å²) in [5, 5.41) is 3.32. The van der Waals surface area contributed by atoms with Crippen molar-refractivity contribution >= 4 is 11.8 Å². The lowest BCUT2D eigenvalue weighted by atomic mass is 10.1. The van der Waals surface area contributed by atoms with Crippen LogP contribution in [0.2, 0.25) is 0 Å². The van der Waals surface area contributed by atoms with Crippen molar-refractivity contribution in [2.24, 2.45) is 11.8 Å². The van der Waals surface area contributed by atoms with Gasteiger partial charge in [-0.1, -0.05) is 6.92 Å². The highest BCUT2D eigenvalue weighted by Gasteiger charge is 2.58. The topological polar surface area (TPSA) is 49.4 Å². The first-order valence-corrected chi connectivity index (χ1v) is 6.23. The van der Waals surface area contributed by atoms with E-state index < -0.39 is 0 Å². The number of piperidine rings is 1. The van der Waals surface area contributed by atoms with Gasteiger partial charge in [0.1, 0.15) is 0 Å². The maximum absolute atomic E-state index is 11.6. The Balaban J connectivity index is 1.70. The molecule has 1 N–H and O–H groups in total. The van der Waals surface area contributed by atoms with Crippen molar-refractivity contribution in [1.29, 1.82) is 0 Å². The molecule has 4 nitrogen and oxygen atoms in total. The zero-order chi connectivity index (χ0) is 11.7. The standard InChI is InChI=1S/C12H20N2O2/c1-3-13-8(2)5-4-6-14-11(15)9-7-10(9)12(14)16/h8-10,13H,3-7H2,1-2H3. The molecule has 2 aliphatic rings. The van der Waals surface area contributed by atoms with Gasteiger partial charge in [0.15, 0.2) is 0 Å². The molecule has 3 unspecified atom stereocenters. The van der Waals surface area contributed by atoms with Crippen LogP contribution in [-0.4, -0.2) is 35.8 Å². The molecule has 2 amide bonds. The van der Waals surface area contributed by atoms with Crippen LogP contribution in [0, 0.1) is 11.8 Å². The highest BCUT2D eigenvalue weighted by Crippen LogP contribution is 2.46. The first kappa shape index (κ1) is 11.6. The van der Waals surface area contributed by atoms with Crippen molar-refractivity contribution in [3.05, 3.63) is 0 Å². The third-order valence-electron chi connectivity index (χ3n) is 3.53. The summed E-state index contributed by atoms with van der Waals surface area (Å²) < 4.78 is 0. The van der Waals surface area contributed by atoms with Crippen LogP contribution in [0.5, 0.6) is 0 Å². The molecule has 0 spiro atoms. The number of nitrogens with zero attached hydrogens (tertiary/aromatic N) is 1. The van der Waals surface area contributed by atoms with E-state index in [-0.39, 0.29) is 23.7 Å². The molecule has 90 valence electrons. The monoisotopic (exact) mass is 224 g/mol. The van der Waals surface area contributed by atoms with Crippen LogP contribution in [0.1, 0.15) is 33.1 Å². The highest BCUT2D eigenvalue weighted by molar-refractivity contribution is 6.08. The molecule has 1 aliphatic heterocycles. The van der Waals surface area contributed by atoms with Crippen molar-refractivity contribution in [2.75, 3.05) is 13.1 Å². The Labute approximate surface area is 96.4 Å². The van der Waals surface area contributed by atoms with Crippen molar-refractivity contribution in [1.82, 2.24) is 10.2 Å². The number of amides is 2. The predicted molar refractivity (Wildman–Crippen MR) is 60.7 cm³/mol. The van der Waals surface area contributed by atoms with Gasteiger partial charge in [0, 0.05) is 12.6 Å². The third kappa shape index (κ3) is 2.12. The average molecular weight is 224 g/mol. The van der Waals surface area contributed by atoms with Crippen LogP contribution in [0.15, 0.2) is 0 Å². The number of carbonyl (C=O) groups excluding carboxylic acids is 2. The Morgan fingerprint density at radius 2 is 2.00 bits per heavy atom. The van der Waals surface area contributed by atoms with Crippen molar-refractivity contribution < 1.29 is 9.59 Å². The fourth-order valence-electron chi connectivity index (χ4n) is 2.48. The largest absolute Gasteiger partial charge is 0.315 e. The van der Waals surface area contributed by atoms with E-state index in [2.05, 4.69) is 19.2 Å². The van der Waals surface area contributed by atoms with Crippen LogP contribution in [0.25, 0.3) is 0 Å². The molecular weight excluding hydrogens is 204 g/mol. The second-order valence-electron chi connectivity index (χ2n) is 4.88. The van der Waals surface area contributed by atoms with Crippen LogP contribution < -0.4 is 5.32 Å². The van der Waals surface area contributed by atoms with Gasteiger partial charge in [0.05, 0.1) is 11.8 Å². The van der Waals surface area contributed by atoms with Gasteiger partial charge in [-0.15, -0.1) is 0 Å². The van der Waals surface area contributed by atoms with Crippen molar-refractivity contribution in [3.63, 3.8) is 0 Å². The van der Waals surface area contributed by atoms with Crippen LogP contribution in [0.4, 0.5) is 0 Å². The molecule has 1 aliphatic carbocycles. The van der Waals surface area contributed by atoms with Crippen molar-refractivity contribution in [2.45, 2.75) is 39.2 Å². The Morgan fingerprint density at radius 1 is 1.38 bits per heavy atom. The minimum Gasteiger partial charge on any atom is -0.315 e. The Hall–Kier alpha value is -0.900. The molecule has 0 aromatic heterocycles. The molecule has 2 rings (SSSR count). The van der Waals surface area contributed by atoms with E-state index in [9.17, 15) is 9.59 Å². The summed E-state index contributed by atoms with van der Waals surface area (Å²) in [6, 6.07) is 0.465. The lowest BCUT2D eigenvalue weighted by Crippen LogP contribution is -2.35. The first-order chi connectivity index (χ1) is 7.65. The second-order valence-corrected chi connectivity index (χ2v) is 4.88. The Morgan fingerprint density at radius 3 is 2.56 bits per heavy atom. The van der Waals surface area contributed by atoms with Gasteiger partial charge < -0.3 is 5.32 Å². The third-order valence-corrected chi connectivity index (χ3v) is 3.53. The van der Waals surface area contributed by atoms with E-state index >= 15 is 0 Å². The number of imide groups is 1. The van der Waals surface area contributed by atoms with Crippen molar-refractivity contribution in [3.8, 4) is 0 Å². The molecule has 1 heterocycles. The molecule has 0 aromatic rings. The van der Waals surface area contributed by atoms with Gasteiger partial charge in [-0.25, -0.2) is 0 Å². The second kappa shape index (κ2) is 4.53. The average Bonchev–Trinajstić information content (AvgIpc) is 2.98. The molecule has 1 saturated carbocycles. The lowest BCUT2D eigenvalue weighted by molar-refractivity contribution is -0.141. The Bertz CT molecular complexity index is 283. The van der Waals surface area contributed by atoms with E-state index in [1.807, 2.05) is 0 Å². The molecule has 1 saturated heterocycles. The number of hydrogen-bond donors (Lipinski definition) is 1. The summed E-state index contributed by atoms with van der Waals surface area (Å²) in [5.41, 5.74) is 0. The summed E-state index contributed by atoms with van der Waals surface area (Å²) in [5.74, 6) is 0.259. The maximum Gasteiger partial charge on any atom is 0.233 e. The van der Waals surface area contributed by atoms with Gasteiger partial charge in [-0.05, 0) is 32.7 Å². The van der Waals surface area contributed by atoms with Gasteiger partial charge in [0.25, 0.3) is 0 Å². The Kier molecular flexibility index (Phi) is 3.28. The number of likely N-dealkylation sites (tertiary alicyclic amines) is 1. The maximum atomic E-state index is 11.6. The van der Waals surface area contributed by atoms with Gasteiger partial charge >= 0.3 is 0 Å². The summed E-state index contributed by atoms with van der Waals surface area (Å²) in [6.45, 7) is 5.79. The quantitative estimate of drug-likeness (QED) is 0.678. The highest BCUT2D eigenvalue weighted by atomic mass is 16.2. The van der Waals surface area contributed by atoms with E-state index in [0.29, 0.717) is 12.6 Å². The van der Waals surface area contributed by atoms with E-state index in [1.165, 1.54) is 4.90 Å². The number of carbonyl (C=O) groups is 2. The number of hydrogen-bond acceptors (Lipinski definition) is 3. The number of nitrogens with one attached hydrogen (secondary N) is 1. The van der Waals surface area contributed by atoms with E-state index in [1.54, 1.807) is 0 Å². The minimum atomic E-state index is 0.0543. The van der Waals surface area contributed by atoms with E-state index in [0.717, 1.165) is 25.8 Å². The summed E-state index contributed by atoms with van der Waals surface area (Å²) in [7, 11) is 0. The molecule has 2 fully saturated rings. The molecule has 0 aromatic carbocycles. The summed E-state index contributed by atoms with van der Waals surface area (Å²) >= 11 is 0. The smallest absolute Gasteiger partial charge is 0.233 e. The fourth-order valence-corrected chi connectivity index (χ4v) is 2.48. The number of fused-ring (bicyclic) bond motifs is 1. The number of rotatable bonds is 6. The summed E-state index contributed by atoms with van der Waals surface area (Å²) in [6.07, 6.45) is 2.73. The molecule has 3 atom stereocenters. The van der Waals surface area contributed by atoms with Gasteiger partial charge in [-0.3, -0.25) is 14.5 Å². The molecule has 4 heteroatoms. The first-order valence-electron chi connectivity index (χ1n) is 6.23. The van der Waals surface area contributed by atoms with Gasteiger partial charge in [-0.2, -0.15) is 0 Å². The zero-order valence-electron chi connectivity index (χ0n) is 10.0. The van der Waals surface area contributed by atoms with Crippen LogP contribution in [0.3, 0.4) is 0 Å². The molecule has 16 heavy (non-hydrogen) atoms. The zero-order valence-corrected chi connectivity index (χ0v) is 10.0.